The van der Waals surface area contributed by atoms with Crippen LogP contribution in [0.3, 0.4) is 0 Å². The Hall–Kier alpha value is -2.14. The van der Waals surface area contributed by atoms with Crippen LogP contribution in [0.15, 0.2) is 30.3 Å². The number of rotatable bonds is 4. The lowest BCUT2D eigenvalue weighted by Crippen LogP contribution is -2.28. The van der Waals surface area contributed by atoms with Crippen LogP contribution >= 0.6 is 0 Å². The predicted octanol–water partition coefficient (Wildman–Crippen LogP) is 3.41. The van der Waals surface area contributed by atoms with Gasteiger partial charge in [0.05, 0.1) is 5.69 Å². The van der Waals surface area contributed by atoms with Crippen LogP contribution in [0.2, 0.25) is 0 Å². The number of aryl methyl sites for hydroxylation is 2. The van der Waals surface area contributed by atoms with Gasteiger partial charge < -0.3 is 11.1 Å². The summed E-state index contributed by atoms with van der Waals surface area (Å²) in [5, 5.41) is 7.51. The number of hydrogen-bond acceptors (Lipinski definition) is 3. The fraction of sp³-hybridized carbons (Fsp3) is 0.474. The predicted molar refractivity (Wildman–Crippen MR) is 95.8 cm³/mol. The Bertz CT molecular complexity index is 699. The molecule has 0 spiro atoms. The van der Waals surface area contributed by atoms with E-state index in [4.69, 9.17) is 5.73 Å². The molecule has 5 heteroatoms. The number of benzene rings is 1. The second-order valence-electron chi connectivity index (χ2n) is 6.79. The number of carbonyl (C=O) groups excluding carboxylic acids is 1. The quantitative estimate of drug-likeness (QED) is 0.904. The first-order chi connectivity index (χ1) is 11.5. The molecule has 1 aromatic heterocycles. The van der Waals surface area contributed by atoms with Gasteiger partial charge in [0.15, 0.2) is 0 Å². The van der Waals surface area contributed by atoms with E-state index in [2.05, 4.69) is 10.4 Å². The number of hydrogen-bond donors (Lipinski definition) is 2. The molecule has 3 rings (SSSR count). The van der Waals surface area contributed by atoms with Gasteiger partial charge in [-0.2, -0.15) is 5.10 Å². The number of aromatic nitrogens is 2. The summed E-state index contributed by atoms with van der Waals surface area (Å²) in [6.07, 6.45) is 6.22. The molecule has 24 heavy (non-hydrogen) atoms. The Labute approximate surface area is 143 Å². The van der Waals surface area contributed by atoms with Crippen LogP contribution in [0.4, 0.5) is 5.82 Å². The maximum Gasteiger partial charge on any atom is 0.247 e. The molecule has 1 atom stereocenters. The van der Waals surface area contributed by atoms with Gasteiger partial charge in [-0.15, -0.1) is 0 Å². The zero-order valence-electron chi connectivity index (χ0n) is 14.5. The minimum atomic E-state index is -0.682. The molecule has 1 fully saturated rings. The fourth-order valence-corrected chi connectivity index (χ4v) is 3.33. The van der Waals surface area contributed by atoms with Crippen LogP contribution < -0.4 is 11.1 Å². The lowest BCUT2D eigenvalue weighted by Gasteiger charge is -2.19. The topological polar surface area (TPSA) is 72.9 Å². The molecule has 1 amide bonds. The average molecular weight is 326 g/mol. The van der Waals surface area contributed by atoms with Gasteiger partial charge in [-0.05, 0) is 25.3 Å². The highest BCUT2D eigenvalue weighted by molar-refractivity contribution is 5.94. The minimum absolute atomic E-state index is 0.211. The van der Waals surface area contributed by atoms with Gasteiger partial charge in [-0.3, -0.25) is 9.48 Å². The van der Waals surface area contributed by atoms with Crippen LogP contribution in [0.25, 0.3) is 0 Å². The summed E-state index contributed by atoms with van der Waals surface area (Å²) < 4.78 is 1.74. The summed E-state index contributed by atoms with van der Waals surface area (Å²) in [4.78, 5) is 12.5. The van der Waals surface area contributed by atoms with Crippen molar-refractivity contribution in [2.45, 2.75) is 51.0 Å². The molecule has 0 bridgehead atoms. The Morgan fingerprint density at radius 2 is 1.92 bits per heavy atom. The van der Waals surface area contributed by atoms with Crippen molar-refractivity contribution in [3.05, 3.63) is 47.2 Å². The van der Waals surface area contributed by atoms with Crippen molar-refractivity contribution in [3.63, 3.8) is 0 Å². The van der Waals surface area contributed by atoms with Gasteiger partial charge in [0, 0.05) is 19.0 Å². The van der Waals surface area contributed by atoms with Gasteiger partial charge in [0.25, 0.3) is 0 Å². The summed E-state index contributed by atoms with van der Waals surface area (Å²) in [5.41, 5.74) is 9.14. The number of carbonyl (C=O) groups is 1. The maximum absolute atomic E-state index is 12.5. The first kappa shape index (κ1) is 16.7. The summed E-state index contributed by atoms with van der Waals surface area (Å²) in [5.74, 6) is 1.02. The van der Waals surface area contributed by atoms with E-state index in [-0.39, 0.29) is 5.91 Å². The van der Waals surface area contributed by atoms with Crippen molar-refractivity contribution in [1.29, 1.82) is 0 Å². The van der Waals surface area contributed by atoms with Crippen LogP contribution in [0.1, 0.15) is 60.9 Å². The minimum Gasteiger partial charge on any atom is -0.316 e. The van der Waals surface area contributed by atoms with Crippen molar-refractivity contribution in [3.8, 4) is 0 Å². The lowest BCUT2D eigenvalue weighted by atomic mass is 9.87. The second kappa shape index (κ2) is 7.18. The Morgan fingerprint density at radius 3 is 2.58 bits per heavy atom. The third kappa shape index (κ3) is 3.67. The van der Waals surface area contributed by atoms with E-state index in [0.29, 0.717) is 11.7 Å². The van der Waals surface area contributed by atoms with Crippen molar-refractivity contribution in [2.75, 3.05) is 5.32 Å². The molecule has 1 heterocycles. The first-order valence-corrected chi connectivity index (χ1v) is 8.71. The smallest absolute Gasteiger partial charge is 0.247 e. The van der Waals surface area contributed by atoms with Crippen LogP contribution in [-0.4, -0.2) is 15.7 Å². The van der Waals surface area contributed by atoms with E-state index in [0.717, 1.165) is 16.8 Å². The van der Waals surface area contributed by atoms with Gasteiger partial charge in [-0.25, -0.2) is 0 Å². The second-order valence-corrected chi connectivity index (χ2v) is 6.79. The number of nitrogens with two attached hydrogens (primary N) is 1. The molecule has 5 nitrogen and oxygen atoms in total. The number of nitrogens with zero attached hydrogens (tertiary/aromatic N) is 2. The highest BCUT2D eigenvalue weighted by Gasteiger charge is 2.21. The Kier molecular flexibility index (Phi) is 5.00. The van der Waals surface area contributed by atoms with Gasteiger partial charge in [-0.1, -0.05) is 49.1 Å². The first-order valence-electron chi connectivity index (χ1n) is 8.71. The molecule has 1 aliphatic carbocycles. The van der Waals surface area contributed by atoms with Crippen LogP contribution in [0, 0.1) is 6.92 Å². The normalized spacial score (nSPS) is 16.8. The molecule has 3 N–H and O–H groups in total. The Morgan fingerprint density at radius 1 is 1.25 bits per heavy atom. The lowest BCUT2D eigenvalue weighted by molar-refractivity contribution is -0.117. The SMILES string of the molecule is Cc1ccc(C(N)C(=O)Nc2cc(C3CCCCC3)nn2C)cc1. The van der Waals surface area contributed by atoms with Gasteiger partial charge >= 0.3 is 0 Å². The zero-order chi connectivity index (χ0) is 17.1. The van der Waals surface area contributed by atoms with E-state index >= 15 is 0 Å². The molecule has 0 aliphatic heterocycles. The summed E-state index contributed by atoms with van der Waals surface area (Å²) in [7, 11) is 1.86. The highest BCUT2D eigenvalue weighted by atomic mass is 16.2. The van der Waals surface area contributed by atoms with Gasteiger partial charge in [0.2, 0.25) is 5.91 Å². The molecule has 1 saturated carbocycles. The maximum atomic E-state index is 12.5. The average Bonchev–Trinajstić information content (AvgIpc) is 2.96. The van der Waals surface area contributed by atoms with Crippen molar-refractivity contribution in [2.24, 2.45) is 12.8 Å². The van der Waals surface area contributed by atoms with Gasteiger partial charge in [0.1, 0.15) is 11.9 Å². The third-order valence-electron chi connectivity index (χ3n) is 4.89. The number of anilines is 1. The van der Waals surface area contributed by atoms with E-state index < -0.39 is 6.04 Å². The number of nitrogens with one attached hydrogen (secondary N) is 1. The van der Waals surface area contributed by atoms with Crippen molar-refractivity contribution in [1.82, 2.24) is 9.78 Å². The molecular weight excluding hydrogens is 300 g/mol. The van der Waals surface area contributed by atoms with Crippen molar-refractivity contribution < 1.29 is 4.79 Å². The standard InChI is InChI=1S/C19H26N4O/c1-13-8-10-15(11-9-13)18(20)19(24)21-17-12-16(22-23(17)2)14-6-4-3-5-7-14/h8-12,14,18H,3-7,20H2,1-2H3,(H,21,24). The van der Waals surface area contributed by atoms with E-state index in [9.17, 15) is 4.79 Å². The molecule has 0 radical (unpaired) electrons. The fourth-order valence-electron chi connectivity index (χ4n) is 3.33. The molecule has 2 aromatic rings. The summed E-state index contributed by atoms with van der Waals surface area (Å²) >= 11 is 0. The Balaban J connectivity index is 1.69. The highest BCUT2D eigenvalue weighted by Crippen LogP contribution is 2.32. The molecule has 0 saturated heterocycles. The number of amides is 1. The largest absolute Gasteiger partial charge is 0.316 e. The molecule has 1 aliphatic rings. The third-order valence-corrected chi connectivity index (χ3v) is 4.89. The molecule has 1 aromatic carbocycles. The zero-order valence-corrected chi connectivity index (χ0v) is 14.5. The summed E-state index contributed by atoms with van der Waals surface area (Å²) in [6, 6.07) is 9.04. The molecule has 128 valence electrons. The van der Waals surface area contributed by atoms with E-state index in [1.54, 1.807) is 4.68 Å². The monoisotopic (exact) mass is 326 g/mol. The molecular formula is C19H26N4O. The van der Waals surface area contributed by atoms with E-state index in [1.807, 2.05) is 44.3 Å². The van der Waals surface area contributed by atoms with Crippen molar-refractivity contribution >= 4 is 11.7 Å². The van der Waals surface area contributed by atoms with E-state index in [1.165, 1.54) is 32.1 Å². The van der Waals surface area contributed by atoms with Crippen LogP contribution in [0.5, 0.6) is 0 Å². The summed E-state index contributed by atoms with van der Waals surface area (Å²) in [6.45, 7) is 2.01. The molecule has 1 unspecified atom stereocenters. The van der Waals surface area contributed by atoms with Crippen LogP contribution in [-0.2, 0) is 11.8 Å².